The number of thiol groups is 1. The van der Waals surface area contributed by atoms with Gasteiger partial charge in [0, 0.05) is 0 Å². The van der Waals surface area contributed by atoms with Crippen LogP contribution >= 0.6 is 36.2 Å². The molecule has 0 aliphatic rings. The zero-order chi connectivity index (χ0) is 10.1. The second-order valence-corrected chi connectivity index (χ2v) is 5.11. The molecular weight excluding hydrogens is 232 g/mol. The molecule has 0 saturated carbocycles. The topological polar surface area (TPSA) is 24.9 Å². The SMILES string of the molecule is Cc1ccc2nc(NC(=S)S)sc2c1. The highest BCUT2D eigenvalue weighted by Crippen LogP contribution is 2.26. The normalized spacial score (nSPS) is 10.4. The Kier molecular flexibility index (Phi) is 2.71. The van der Waals surface area contributed by atoms with Gasteiger partial charge >= 0.3 is 0 Å². The minimum Gasteiger partial charge on any atom is -0.317 e. The van der Waals surface area contributed by atoms with Crippen molar-refractivity contribution in [2.24, 2.45) is 0 Å². The molecule has 5 heteroatoms. The van der Waals surface area contributed by atoms with Crippen LogP contribution in [0, 0.1) is 6.92 Å². The quantitative estimate of drug-likeness (QED) is 0.591. The van der Waals surface area contributed by atoms with Crippen LogP contribution in [0.5, 0.6) is 0 Å². The van der Waals surface area contributed by atoms with Crippen LogP contribution in [0.25, 0.3) is 10.2 Å². The minimum absolute atomic E-state index is 0.445. The average Bonchev–Trinajstić information content (AvgIpc) is 2.44. The number of thiazole rings is 1. The van der Waals surface area contributed by atoms with E-state index >= 15 is 0 Å². The monoisotopic (exact) mass is 240 g/mol. The summed E-state index contributed by atoms with van der Waals surface area (Å²) in [5.74, 6) is 0. The van der Waals surface area contributed by atoms with Crippen LogP contribution in [-0.2, 0) is 0 Å². The first-order chi connectivity index (χ1) is 6.65. The summed E-state index contributed by atoms with van der Waals surface area (Å²) < 4.78 is 1.61. The molecule has 14 heavy (non-hydrogen) atoms. The Morgan fingerprint density at radius 3 is 3.07 bits per heavy atom. The van der Waals surface area contributed by atoms with Gasteiger partial charge in [0.1, 0.15) is 4.32 Å². The van der Waals surface area contributed by atoms with Gasteiger partial charge in [-0.05, 0) is 24.6 Å². The molecule has 1 aromatic carbocycles. The van der Waals surface area contributed by atoms with Crippen molar-refractivity contribution in [2.75, 3.05) is 5.32 Å². The Bertz CT molecular complexity index is 490. The van der Waals surface area contributed by atoms with Crippen molar-refractivity contribution in [1.82, 2.24) is 4.98 Å². The van der Waals surface area contributed by atoms with E-state index in [-0.39, 0.29) is 0 Å². The van der Waals surface area contributed by atoms with Crippen LogP contribution < -0.4 is 5.32 Å². The summed E-state index contributed by atoms with van der Waals surface area (Å²) in [6.07, 6.45) is 0. The first-order valence-electron chi connectivity index (χ1n) is 4.02. The molecule has 1 aromatic heterocycles. The highest BCUT2D eigenvalue weighted by atomic mass is 32.1. The lowest BCUT2D eigenvalue weighted by atomic mass is 10.2. The van der Waals surface area contributed by atoms with Crippen LogP contribution in [0.15, 0.2) is 18.2 Å². The Morgan fingerprint density at radius 1 is 1.57 bits per heavy atom. The number of hydrogen-bond donors (Lipinski definition) is 2. The predicted molar refractivity (Wildman–Crippen MR) is 69.6 cm³/mol. The fourth-order valence-corrected chi connectivity index (χ4v) is 2.49. The van der Waals surface area contributed by atoms with Crippen molar-refractivity contribution < 1.29 is 0 Å². The summed E-state index contributed by atoms with van der Waals surface area (Å²) in [6.45, 7) is 2.06. The molecule has 0 aliphatic carbocycles. The molecule has 0 radical (unpaired) electrons. The highest BCUT2D eigenvalue weighted by Gasteiger charge is 2.03. The van der Waals surface area contributed by atoms with Gasteiger partial charge in [0.05, 0.1) is 10.2 Å². The van der Waals surface area contributed by atoms with E-state index in [1.807, 2.05) is 12.1 Å². The van der Waals surface area contributed by atoms with E-state index in [2.05, 4.69) is 35.9 Å². The van der Waals surface area contributed by atoms with E-state index in [9.17, 15) is 0 Å². The molecule has 72 valence electrons. The molecule has 0 aliphatic heterocycles. The van der Waals surface area contributed by atoms with Crippen molar-refractivity contribution in [3.05, 3.63) is 23.8 Å². The van der Waals surface area contributed by atoms with Crippen LogP contribution in [-0.4, -0.2) is 9.30 Å². The highest BCUT2D eigenvalue weighted by molar-refractivity contribution is 8.11. The summed E-state index contributed by atoms with van der Waals surface area (Å²) in [7, 11) is 0. The molecule has 0 unspecified atom stereocenters. The zero-order valence-electron chi connectivity index (χ0n) is 7.44. The van der Waals surface area contributed by atoms with E-state index in [0.717, 1.165) is 15.3 Å². The Hall–Kier alpha value is -0.650. The van der Waals surface area contributed by atoms with Crippen molar-refractivity contribution in [1.29, 1.82) is 0 Å². The summed E-state index contributed by atoms with van der Waals surface area (Å²) in [4.78, 5) is 4.36. The first-order valence-corrected chi connectivity index (χ1v) is 5.69. The maximum Gasteiger partial charge on any atom is 0.189 e. The summed E-state index contributed by atoms with van der Waals surface area (Å²) in [6, 6.07) is 6.17. The lowest BCUT2D eigenvalue weighted by Gasteiger charge is -1.93. The number of nitrogens with one attached hydrogen (secondary N) is 1. The van der Waals surface area contributed by atoms with Gasteiger partial charge in [-0.15, -0.1) is 12.6 Å². The minimum atomic E-state index is 0.445. The molecule has 0 spiro atoms. The van der Waals surface area contributed by atoms with Gasteiger partial charge in [0.25, 0.3) is 0 Å². The number of thiocarbonyl (C=S) groups is 1. The lowest BCUT2D eigenvalue weighted by Crippen LogP contribution is -1.99. The van der Waals surface area contributed by atoms with Crippen LogP contribution in [0.1, 0.15) is 5.56 Å². The van der Waals surface area contributed by atoms with Gasteiger partial charge in [-0.1, -0.05) is 29.6 Å². The lowest BCUT2D eigenvalue weighted by molar-refractivity contribution is 1.46. The third kappa shape index (κ3) is 2.05. The molecule has 1 heterocycles. The van der Waals surface area contributed by atoms with Gasteiger partial charge in [0.15, 0.2) is 5.13 Å². The van der Waals surface area contributed by atoms with E-state index in [4.69, 9.17) is 12.2 Å². The molecule has 0 saturated heterocycles. The number of anilines is 1. The van der Waals surface area contributed by atoms with Crippen molar-refractivity contribution in [3.63, 3.8) is 0 Å². The fraction of sp³-hybridized carbons (Fsp3) is 0.111. The molecule has 1 N–H and O–H groups in total. The fourth-order valence-electron chi connectivity index (χ4n) is 1.18. The number of aryl methyl sites for hydroxylation is 1. The smallest absolute Gasteiger partial charge is 0.189 e. The van der Waals surface area contributed by atoms with Gasteiger partial charge < -0.3 is 5.32 Å². The molecule has 2 aromatic rings. The number of nitrogens with zero attached hydrogens (tertiary/aromatic N) is 1. The average molecular weight is 240 g/mol. The molecule has 0 atom stereocenters. The van der Waals surface area contributed by atoms with E-state index in [1.54, 1.807) is 11.3 Å². The van der Waals surface area contributed by atoms with Gasteiger partial charge in [0.2, 0.25) is 0 Å². The second-order valence-electron chi connectivity index (χ2n) is 2.92. The van der Waals surface area contributed by atoms with Crippen LogP contribution in [0.2, 0.25) is 0 Å². The number of benzene rings is 1. The van der Waals surface area contributed by atoms with E-state index in [1.165, 1.54) is 5.56 Å². The molecule has 2 nitrogen and oxygen atoms in total. The Morgan fingerprint density at radius 2 is 2.36 bits per heavy atom. The largest absolute Gasteiger partial charge is 0.317 e. The van der Waals surface area contributed by atoms with Crippen LogP contribution in [0.4, 0.5) is 5.13 Å². The summed E-state index contributed by atoms with van der Waals surface area (Å²) in [5, 5.41) is 3.71. The molecule has 0 bridgehead atoms. The molecule has 0 amide bonds. The molecule has 0 fully saturated rings. The molecule has 2 rings (SSSR count). The van der Waals surface area contributed by atoms with E-state index in [0.29, 0.717) is 4.32 Å². The number of rotatable bonds is 1. The third-order valence-corrected chi connectivity index (χ3v) is 2.91. The van der Waals surface area contributed by atoms with Crippen molar-refractivity contribution in [3.8, 4) is 0 Å². The predicted octanol–water partition coefficient (Wildman–Crippen LogP) is 3.23. The van der Waals surface area contributed by atoms with Crippen molar-refractivity contribution in [2.45, 2.75) is 6.92 Å². The number of hydrogen-bond acceptors (Lipinski definition) is 3. The Labute approximate surface area is 96.8 Å². The number of aromatic nitrogens is 1. The molecular formula is C9H8N2S3. The van der Waals surface area contributed by atoms with Gasteiger partial charge in [-0.2, -0.15) is 0 Å². The zero-order valence-corrected chi connectivity index (χ0v) is 9.97. The third-order valence-electron chi connectivity index (χ3n) is 1.76. The van der Waals surface area contributed by atoms with E-state index < -0.39 is 0 Å². The summed E-state index contributed by atoms with van der Waals surface area (Å²) in [5.41, 5.74) is 2.23. The maximum absolute atomic E-state index is 4.83. The van der Waals surface area contributed by atoms with Gasteiger partial charge in [-0.25, -0.2) is 4.98 Å². The second kappa shape index (κ2) is 3.84. The maximum atomic E-state index is 4.83. The standard InChI is InChI=1S/C9H8N2S3/c1-5-2-3-6-7(4-5)14-8(10-6)11-9(12)13/h2-4H,1H3,(H2,10,11,12,13). The van der Waals surface area contributed by atoms with Gasteiger partial charge in [-0.3, -0.25) is 0 Å². The van der Waals surface area contributed by atoms with Crippen LogP contribution in [0.3, 0.4) is 0 Å². The number of fused-ring (bicyclic) bond motifs is 1. The Balaban J connectivity index is 2.46. The summed E-state index contributed by atoms with van der Waals surface area (Å²) >= 11 is 10.4. The van der Waals surface area contributed by atoms with Crippen molar-refractivity contribution >= 4 is 55.9 Å². The first kappa shape index (κ1) is 9.89.